The van der Waals surface area contributed by atoms with Gasteiger partial charge in [0.1, 0.15) is 0 Å². The number of nitrogens with zero attached hydrogens (tertiary/aromatic N) is 1. The fraction of sp³-hybridized carbons (Fsp3) is 0.381. The van der Waals surface area contributed by atoms with E-state index < -0.39 is 18.5 Å². The van der Waals surface area contributed by atoms with Gasteiger partial charge in [-0.1, -0.05) is 19.9 Å². The normalized spacial score (nSPS) is 14.0. The van der Waals surface area contributed by atoms with Crippen molar-refractivity contribution >= 4 is 11.9 Å². The Morgan fingerprint density at radius 3 is 2.52 bits per heavy atom. The summed E-state index contributed by atoms with van der Waals surface area (Å²) in [6.07, 6.45) is 3.20. The van der Waals surface area contributed by atoms with Crippen LogP contribution in [0.25, 0.3) is 0 Å². The van der Waals surface area contributed by atoms with E-state index in [1.54, 1.807) is 0 Å². The molecule has 2 heterocycles. The second kappa shape index (κ2) is 9.27. The van der Waals surface area contributed by atoms with Crippen LogP contribution in [-0.2, 0) is 9.53 Å². The predicted octanol–water partition coefficient (Wildman–Crippen LogP) is 2.15. The third-order valence-corrected chi connectivity index (χ3v) is 4.49. The quantitative estimate of drug-likeness (QED) is 0.453. The van der Waals surface area contributed by atoms with Gasteiger partial charge in [-0.25, -0.2) is 4.79 Å². The number of hydrogen-bond donors (Lipinski definition) is 1. The summed E-state index contributed by atoms with van der Waals surface area (Å²) in [5, 5.41) is 13.9. The highest BCUT2D eigenvalue weighted by Gasteiger charge is 2.22. The van der Waals surface area contributed by atoms with Gasteiger partial charge in [-0.05, 0) is 23.6 Å². The molecule has 0 saturated carbocycles. The lowest BCUT2D eigenvalue weighted by Crippen LogP contribution is -2.35. The second-order valence-corrected chi connectivity index (χ2v) is 7.07. The molecule has 8 heteroatoms. The molecule has 0 aliphatic carbocycles. The highest BCUT2D eigenvalue weighted by atomic mass is 16.5. The molecule has 1 aliphatic heterocycles. The van der Waals surface area contributed by atoms with Crippen LogP contribution in [0.15, 0.2) is 42.7 Å². The Labute approximate surface area is 169 Å². The number of amides is 1. The zero-order valence-electron chi connectivity index (χ0n) is 16.4. The molecule has 0 fully saturated rings. The van der Waals surface area contributed by atoms with Crippen molar-refractivity contribution in [2.45, 2.75) is 26.3 Å². The summed E-state index contributed by atoms with van der Waals surface area (Å²) in [6, 6.07) is 8.00. The van der Waals surface area contributed by atoms with Crippen molar-refractivity contribution in [3.05, 3.63) is 59.1 Å². The van der Waals surface area contributed by atoms with Crippen molar-refractivity contribution in [1.82, 2.24) is 5.32 Å². The van der Waals surface area contributed by atoms with Crippen molar-refractivity contribution in [2.75, 3.05) is 19.8 Å². The summed E-state index contributed by atoms with van der Waals surface area (Å²) in [5.41, 5.74) is 1.08. The van der Waals surface area contributed by atoms with E-state index in [4.69, 9.17) is 14.2 Å². The lowest BCUT2D eigenvalue weighted by molar-refractivity contribution is -0.605. The molecule has 8 nitrogen and oxygen atoms in total. The predicted molar refractivity (Wildman–Crippen MR) is 103 cm³/mol. The number of benzene rings is 1. The number of fused-ring (bicyclic) bond motifs is 1. The molecule has 29 heavy (non-hydrogen) atoms. The van der Waals surface area contributed by atoms with Crippen LogP contribution in [0.4, 0.5) is 0 Å². The Morgan fingerprint density at radius 2 is 1.83 bits per heavy atom. The maximum Gasteiger partial charge on any atom is 0.339 e. The van der Waals surface area contributed by atoms with Crippen molar-refractivity contribution in [1.29, 1.82) is 0 Å². The van der Waals surface area contributed by atoms with Gasteiger partial charge in [-0.15, -0.1) is 0 Å². The number of pyridine rings is 1. The van der Waals surface area contributed by atoms with Gasteiger partial charge in [-0.3, -0.25) is 4.79 Å². The Hall–Kier alpha value is -3.29. The van der Waals surface area contributed by atoms with Gasteiger partial charge >= 0.3 is 5.97 Å². The molecule has 2 aromatic rings. The minimum atomic E-state index is -0.669. The number of esters is 1. The van der Waals surface area contributed by atoms with Gasteiger partial charge in [-0.2, -0.15) is 4.73 Å². The van der Waals surface area contributed by atoms with E-state index in [0.717, 1.165) is 12.0 Å². The molecular weight excluding hydrogens is 376 g/mol. The maximum atomic E-state index is 12.4. The summed E-state index contributed by atoms with van der Waals surface area (Å²) in [4.78, 5) is 24.4. The first-order valence-electron chi connectivity index (χ1n) is 9.49. The van der Waals surface area contributed by atoms with Crippen molar-refractivity contribution in [3.63, 3.8) is 0 Å². The SMILES string of the molecule is CC(C)[C@@H](NC(=O)COC(=O)c1cc[n+]([O-])cc1)c1ccc2c(c1)OCCCO2. The minimum absolute atomic E-state index is 0.0982. The van der Waals surface area contributed by atoms with Crippen LogP contribution in [0.3, 0.4) is 0 Å². The molecule has 1 aromatic heterocycles. The molecule has 0 bridgehead atoms. The molecule has 1 aliphatic rings. The zero-order valence-corrected chi connectivity index (χ0v) is 16.4. The van der Waals surface area contributed by atoms with Gasteiger partial charge in [0.05, 0.1) is 24.8 Å². The van der Waals surface area contributed by atoms with E-state index >= 15 is 0 Å². The molecular formula is C21H24N2O6. The van der Waals surface area contributed by atoms with Gasteiger partial charge in [0.2, 0.25) is 0 Å². The Bertz CT molecular complexity index is 866. The smallest absolute Gasteiger partial charge is 0.339 e. The van der Waals surface area contributed by atoms with Crippen LogP contribution in [0.1, 0.15) is 42.2 Å². The average Bonchev–Trinajstić information content (AvgIpc) is 2.95. The van der Waals surface area contributed by atoms with Crippen molar-refractivity contribution in [2.24, 2.45) is 5.92 Å². The first kappa shape index (κ1) is 20.4. The van der Waals surface area contributed by atoms with Gasteiger partial charge < -0.3 is 24.7 Å². The molecule has 0 spiro atoms. The van der Waals surface area contributed by atoms with Gasteiger partial charge in [0, 0.05) is 18.6 Å². The van der Waals surface area contributed by atoms with E-state index in [1.165, 1.54) is 24.5 Å². The van der Waals surface area contributed by atoms with Crippen LogP contribution in [0.5, 0.6) is 11.5 Å². The second-order valence-electron chi connectivity index (χ2n) is 7.07. The van der Waals surface area contributed by atoms with E-state index in [2.05, 4.69) is 5.32 Å². The lowest BCUT2D eigenvalue weighted by Gasteiger charge is -2.23. The fourth-order valence-electron chi connectivity index (χ4n) is 2.99. The Morgan fingerprint density at radius 1 is 1.14 bits per heavy atom. The largest absolute Gasteiger partial charge is 0.619 e. The van der Waals surface area contributed by atoms with E-state index in [0.29, 0.717) is 29.4 Å². The monoisotopic (exact) mass is 400 g/mol. The minimum Gasteiger partial charge on any atom is -0.619 e. The Balaban J connectivity index is 1.63. The van der Waals surface area contributed by atoms with E-state index in [1.807, 2.05) is 32.0 Å². The number of aromatic nitrogens is 1. The summed E-state index contributed by atoms with van der Waals surface area (Å²) < 4.78 is 17.0. The van der Waals surface area contributed by atoms with E-state index in [9.17, 15) is 14.8 Å². The van der Waals surface area contributed by atoms with Crippen LogP contribution in [-0.4, -0.2) is 31.7 Å². The molecule has 1 N–H and O–H groups in total. The van der Waals surface area contributed by atoms with Gasteiger partial charge in [0.25, 0.3) is 5.91 Å². The fourth-order valence-corrected chi connectivity index (χ4v) is 2.99. The number of carbonyl (C=O) groups is 2. The number of ether oxygens (including phenoxy) is 3. The summed E-state index contributed by atoms with van der Waals surface area (Å²) in [6.45, 7) is 4.75. The highest BCUT2D eigenvalue weighted by Crippen LogP contribution is 2.34. The van der Waals surface area contributed by atoms with E-state index in [-0.39, 0.29) is 17.5 Å². The Kier molecular flexibility index (Phi) is 6.54. The van der Waals surface area contributed by atoms with Crippen molar-refractivity contribution < 1.29 is 28.5 Å². The third-order valence-electron chi connectivity index (χ3n) is 4.49. The molecule has 0 radical (unpaired) electrons. The molecule has 3 rings (SSSR count). The maximum absolute atomic E-state index is 12.4. The molecule has 1 atom stereocenters. The highest BCUT2D eigenvalue weighted by molar-refractivity contribution is 5.91. The molecule has 154 valence electrons. The number of carbonyl (C=O) groups excluding carboxylic acids is 2. The first-order chi connectivity index (χ1) is 13.9. The first-order valence-corrected chi connectivity index (χ1v) is 9.49. The lowest BCUT2D eigenvalue weighted by atomic mass is 9.95. The topological polar surface area (TPSA) is 101 Å². The van der Waals surface area contributed by atoms with Crippen LogP contribution in [0.2, 0.25) is 0 Å². The average molecular weight is 400 g/mol. The zero-order chi connectivity index (χ0) is 20.8. The summed E-state index contributed by atoms with van der Waals surface area (Å²) in [5.74, 6) is 0.361. The molecule has 1 aromatic carbocycles. The third kappa shape index (κ3) is 5.37. The summed E-state index contributed by atoms with van der Waals surface area (Å²) >= 11 is 0. The number of hydrogen-bond acceptors (Lipinski definition) is 6. The molecule has 1 amide bonds. The van der Waals surface area contributed by atoms with Crippen LogP contribution < -0.4 is 19.5 Å². The summed E-state index contributed by atoms with van der Waals surface area (Å²) in [7, 11) is 0. The van der Waals surface area contributed by atoms with Crippen LogP contribution >= 0.6 is 0 Å². The molecule has 0 saturated heterocycles. The van der Waals surface area contributed by atoms with Crippen molar-refractivity contribution in [3.8, 4) is 11.5 Å². The molecule has 0 unspecified atom stereocenters. The van der Waals surface area contributed by atoms with Gasteiger partial charge in [0.15, 0.2) is 30.5 Å². The number of nitrogens with one attached hydrogen (secondary N) is 1. The number of rotatable bonds is 6. The van der Waals surface area contributed by atoms with Crippen LogP contribution in [0, 0.1) is 11.1 Å². The standard InChI is InChI=1S/C21H24N2O6/c1-14(2)20(16-4-5-17-18(12-16)28-11-3-10-27-17)22-19(24)13-29-21(25)15-6-8-23(26)9-7-15/h4-9,12,14,20H,3,10-11,13H2,1-2H3,(H,22,24)/t20-/m1/s1.